The fourth-order valence-electron chi connectivity index (χ4n) is 1.70. The summed E-state index contributed by atoms with van der Waals surface area (Å²) >= 11 is 5.95. The molecule has 19 heavy (non-hydrogen) atoms. The number of benzene rings is 2. The first-order chi connectivity index (χ1) is 9.22. The fraction of sp³-hybridized carbons (Fsp3) is 0.133. The molecule has 0 unspecified atom stereocenters. The highest BCUT2D eigenvalue weighted by atomic mass is 35.5. The molecule has 0 atom stereocenters. The van der Waals surface area contributed by atoms with Crippen molar-refractivity contribution in [1.29, 1.82) is 0 Å². The fourth-order valence-corrected chi connectivity index (χ4v) is 1.89. The zero-order valence-electron chi connectivity index (χ0n) is 10.4. The standard InChI is InChI=1S/C15H13ClO3/c1-18-15-6-5-13(16)8-12(15)10-19-14-4-2-3-11(7-14)9-17/h2-9H,10H2,1H3. The molecule has 0 fully saturated rings. The van der Waals surface area contributed by atoms with E-state index in [1.54, 1.807) is 49.6 Å². The summed E-state index contributed by atoms with van der Waals surface area (Å²) < 4.78 is 10.9. The SMILES string of the molecule is COc1ccc(Cl)cc1COc1cccc(C=O)c1. The second kappa shape index (κ2) is 6.25. The molecule has 3 nitrogen and oxygen atoms in total. The summed E-state index contributed by atoms with van der Waals surface area (Å²) in [6, 6.07) is 12.3. The van der Waals surface area contributed by atoms with Gasteiger partial charge < -0.3 is 9.47 Å². The van der Waals surface area contributed by atoms with Crippen molar-refractivity contribution in [3.8, 4) is 11.5 Å². The van der Waals surface area contributed by atoms with Gasteiger partial charge in [-0.2, -0.15) is 0 Å². The zero-order valence-corrected chi connectivity index (χ0v) is 11.2. The minimum absolute atomic E-state index is 0.325. The summed E-state index contributed by atoms with van der Waals surface area (Å²) in [4.78, 5) is 10.7. The van der Waals surface area contributed by atoms with Gasteiger partial charge in [0.15, 0.2) is 0 Å². The highest BCUT2D eigenvalue weighted by Crippen LogP contribution is 2.24. The van der Waals surface area contributed by atoms with Crippen LogP contribution in [0.5, 0.6) is 11.5 Å². The number of halogens is 1. The topological polar surface area (TPSA) is 35.5 Å². The number of ether oxygens (including phenoxy) is 2. The van der Waals surface area contributed by atoms with Crippen LogP contribution in [0.4, 0.5) is 0 Å². The van der Waals surface area contributed by atoms with E-state index < -0.39 is 0 Å². The molecule has 0 spiro atoms. The van der Waals surface area contributed by atoms with Gasteiger partial charge >= 0.3 is 0 Å². The minimum Gasteiger partial charge on any atom is -0.496 e. The molecule has 98 valence electrons. The molecule has 0 aromatic heterocycles. The molecular weight excluding hydrogens is 264 g/mol. The molecule has 0 radical (unpaired) electrons. The normalized spacial score (nSPS) is 10.0. The van der Waals surface area contributed by atoms with Crippen molar-refractivity contribution < 1.29 is 14.3 Å². The van der Waals surface area contributed by atoms with Gasteiger partial charge in [0.1, 0.15) is 24.4 Å². The van der Waals surface area contributed by atoms with Crippen molar-refractivity contribution in [3.63, 3.8) is 0 Å². The Morgan fingerprint density at radius 3 is 2.79 bits per heavy atom. The first kappa shape index (κ1) is 13.4. The average molecular weight is 277 g/mol. The summed E-state index contributed by atoms with van der Waals surface area (Å²) in [6.07, 6.45) is 0.785. The number of carbonyl (C=O) groups is 1. The third-order valence-corrected chi connectivity index (χ3v) is 2.87. The first-order valence-corrected chi connectivity index (χ1v) is 6.11. The molecule has 0 saturated heterocycles. The van der Waals surface area contributed by atoms with Crippen LogP contribution >= 0.6 is 11.6 Å². The van der Waals surface area contributed by atoms with Gasteiger partial charge in [-0.25, -0.2) is 0 Å². The summed E-state index contributed by atoms with van der Waals surface area (Å²) in [5.41, 5.74) is 1.43. The number of hydrogen-bond donors (Lipinski definition) is 0. The van der Waals surface area contributed by atoms with E-state index in [1.807, 2.05) is 0 Å². The van der Waals surface area contributed by atoms with Crippen molar-refractivity contribution in [3.05, 3.63) is 58.6 Å². The van der Waals surface area contributed by atoms with Gasteiger partial charge in [-0.05, 0) is 30.3 Å². The summed E-state index contributed by atoms with van der Waals surface area (Å²) in [6.45, 7) is 0.325. The quantitative estimate of drug-likeness (QED) is 0.781. The molecule has 0 aliphatic heterocycles. The Kier molecular flexibility index (Phi) is 4.42. The maximum atomic E-state index is 10.7. The Balaban J connectivity index is 2.13. The van der Waals surface area contributed by atoms with E-state index in [-0.39, 0.29) is 0 Å². The van der Waals surface area contributed by atoms with Crippen molar-refractivity contribution in [1.82, 2.24) is 0 Å². The second-order valence-electron chi connectivity index (χ2n) is 3.94. The number of methoxy groups -OCH3 is 1. The van der Waals surface area contributed by atoms with Crippen LogP contribution in [-0.4, -0.2) is 13.4 Å². The lowest BCUT2D eigenvalue weighted by atomic mass is 10.2. The Morgan fingerprint density at radius 2 is 2.05 bits per heavy atom. The van der Waals surface area contributed by atoms with Gasteiger partial charge in [-0.1, -0.05) is 23.7 Å². The molecular formula is C15H13ClO3. The van der Waals surface area contributed by atoms with Crippen LogP contribution in [0, 0.1) is 0 Å². The molecule has 0 N–H and O–H groups in total. The predicted molar refractivity (Wildman–Crippen MR) is 74.2 cm³/mol. The van der Waals surface area contributed by atoms with E-state index in [0.717, 1.165) is 17.6 Å². The van der Waals surface area contributed by atoms with Crippen molar-refractivity contribution in [2.45, 2.75) is 6.61 Å². The van der Waals surface area contributed by atoms with E-state index >= 15 is 0 Å². The van der Waals surface area contributed by atoms with Gasteiger partial charge in [0.05, 0.1) is 7.11 Å². The summed E-state index contributed by atoms with van der Waals surface area (Å²) in [5.74, 6) is 1.35. The molecule has 0 amide bonds. The monoisotopic (exact) mass is 276 g/mol. The van der Waals surface area contributed by atoms with Gasteiger partial charge in [0.25, 0.3) is 0 Å². The lowest BCUT2D eigenvalue weighted by Crippen LogP contribution is -1.99. The summed E-state index contributed by atoms with van der Waals surface area (Å²) in [5, 5.41) is 0.626. The van der Waals surface area contributed by atoms with Gasteiger partial charge in [0.2, 0.25) is 0 Å². The molecule has 0 saturated carbocycles. The molecule has 2 aromatic carbocycles. The lowest BCUT2D eigenvalue weighted by Gasteiger charge is -2.10. The van der Waals surface area contributed by atoms with Gasteiger partial charge in [-0.15, -0.1) is 0 Å². The Bertz CT molecular complexity index is 581. The van der Waals surface area contributed by atoms with Crippen molar-refractivity contribution in [2.75, 3.05) is 7.11 Å². The Hall–Kier alpha value is -2.00. The number of aldehydes is 1. The molecule has 2 aromatic rings. The Labute approximate surface area is 116 Å². The molecule has 0 heterocycles. The van der Waals surface area contributed by atoms with E-state index in [4.69, 9.17) is 21.1 Å². The molecule has 0 bridgehead atoms. The van der Waals surface area contributed by atoms with E-state index in [0.29, 0.717) is 22.9 Å². The maximum Gasteiger partial charge on any atom is 0.150 e. The van der Waals surface area contributed by atoms with Gasteiger partial charge in [-0.3, -0.25) is 4.79 Å². The predicted octanol–water partition coefficient (Wildman–Crippen LogP) is 3.74. The van der Waals surface area contributed by atoms with Crippen LogP contribution in [0.3, 0.4) is 0 Å². The van der Waals surface area contributed by atoms with E-state index in [2.05, 4.69) is 0 Å². The Morgan fingerprint density at radius 1 is 1.21 bits per heavy atom. The molecule has 4 heteroatoms. The van der Waals surface area contributed by atoms with E-state index in [1.165, 1.54) is 0 Å². The maximum absolute atomic E-state index is 10.7. The van der Waals surface area contributed by atoms with Crippen LogP contribution in [0.2, 0.25) is 5.02 Å². The zero-order chi connectivity index (χ0) is 13.7. The lowest BCUT2D eigenvalue weighted by molar-refractivity contribution is 0.112. The molecule has 2 rings (SSSR count). The minimum atomic E-state index is 0.325. The van der Waals surface area contributed by atoms with Crippen LogP contribution in [-0.2, 0) is 6.61 Å². The first-order valence-electron chi connectivity index (χ1n) is 5.73. The van der Waals surface area contributed by atoms with E-state index in [9.17, 15) is 4.79 Å². The highest BCUT2D eigenvalue weighted by molar-refractivity contribution is 6.30. The van der Waals surface area contributed by atoms with Crippen LogP contribution in [0.15, 0.2) is 42.5 Å². The summed E-state index contributed by atoms with van der Waals surface area (Å²) in [7, 11) is 1.60. The smallest absolute Gasteiger partial charge is 0.150 e. The third-order valence-electron chi connectivity index (χ3n) is 2.63. The van der Waals surface area contributed by atoms with Crippen LogP contribution < -0.4 is 9.47 Å². The number of carbonyl (C=O) groups excluding carboxylic acids is 1. The second-order valence-corrected chi connectivity index (χ2v) is 4.37. The van der Waals surface area contributed by atoms with Crippen LogP contribution in [0.25, 0.3) is 0 Å². The number of hydrogen-bond acceptors (Lipinski definition) is 3. The molecule has 0 aliphatic rings. The van der Waals surface area contributed by atoms with Crippen LogP contribution in [0.1, 0.15) is 15.9 Å². The van der Waals surface area contributed by atoms with Crippen molar-refractivity contribution in [2.24, 2.45) is 0 Å². The highest BCUT2D eigenvalue weighted by Gasteiger charge is 2.05. The average Bonchev–Trinajstić information content (AvgIpc) is 2.45. The number of rotatable bonds is 5. The third kappa shape index (κ3) is 3.48. The largest absolute Gasteiger partial charge is 0.496 e. The van der Waals surface area contributed by atoms with Crippen molar-refractivity contribution >= 4 is 17.9 Å². The molecule has 0 aliphatic carbocycles. The van der Waals surface area contributed by atoms with Gasteiger partial charge in [0, 0.05) is 16.1 Å².